The molecule has 5 nitrogen and oxygen atoms in total. The van der Waals surface area contributed by atoms with E-state index in [1.165, 1.54) is 37.2 Å². The standard InChI is InChI=1S/C22H31N5.HI/c1-4-23-22(24-16-20-11-7-9-17(2)25-20)26-18(3)19-10-8-12-21(15-19)27-13-5-6-14-27;/h7-12,15,18H,4-6,13-14,16H2,1-3H3,(H2,23,24,26);1H. The molecule has 0 aliphatic carbocycles. The quantitative estimate of drug-likeness (QED) is 0.356. The lowest BCUT2D eigenvalue weighted by Crippen LogP contribution is -2.38. The number of nitrogens with one attached hydrogen (secondary N) is 2. The zero-order chi connectivity index (χ0) is 19.1. The van der Waals surface area contributed by atoms with Gasteiger partial charge in [0.2, 0.25) is 0 Å². The molecule has 1 atom stereocenters. The largest absolute Gasteiger partial charge is 0.372 e. The second-order valence-electron chi connectivity index (χ2n) is 7.12. The first kappa shape index (κ1) is 22.5. The minimum absolute atomic E-state index is 0. The van der Waals surface area contributed by atoms with Gasteiger partial charge in [0.05, 0.1) is 18.3 Å². The molecule has 0 spiro atoms. The Balaban J connectivity index is 0.00000280. The summed E-state index contributed by atoms with van der Waals surface area (Å²) in [7, 11) is 0. The van der Waals surface area contributed by atoms with E-state index in [9.17, 15) is 0 Å². The fourth-order valence-electron chi connectivity index (χ4n) is 3.42. The van der Waals surface area contributed by atoms with Crippen LogP contribution in [0.15, 0.2) is 47.5 Å². The van der Waals surface area contributed by atoms with E-state index in [4.69, 9.17) is 4.99 Å². The van der Waals surface area contributed by atoms with Gasteiger partial charge in [-0.15, -0.1) is 24.0 Å². The van der Waals surface area contributed by atoms with E-state index in [2.05, 4.69) is 58.6 Å². The monoisotopic (exact) mass is 493 g/mol. The van der Waals surface area contributed by atoms with E-state index in [0.29, 0.717) is 6.54 Å². The average Bonchev–Trinajstić information content (AvgIpc) is 3.21. The van der Waals surface area contributed by atoms with Gasteiger partial charge in [-0.25, -0.2) is 4.99 Å². The summed E-state index contributed by atoms with van der Waals surface area (Å²) in [5, 5.41) is 6.87. The van der Waals surface area contributed by atoms with Crippen molar-refractivity contribution < 1.29 is 0 Å². The van der Waals surface area contributed by atoms with E-state index in [1.54, 1.807) is 0 Å². The summed E-state index contributed by atoms with van der Waals surface area (Å²) in [6.45, 7) is 10.00. The first-order chi connectivity index (χ1) is 13.2. The Hall–Kier alpha value is -1.83. The number of benzene rings is 1. The van der Waals surface area contributed by atoms with E-state index >= 15 is 0 Å². The molecular formula is C22H32IN5. The number of aromatic nitrogens is 1. The predicted molar refractivity (Wildman–Crippen MR) is 129 cm³/mol. The van der Waals surface area contributed by atoms with Crippen molar-refractivity contribution in [3.8, 4) is 0 Å². The molecule has 1 unspecified atom stereocenters. The molecule has 1 aromatic heterocycles. The van der Waals surface area contributed by atoms with Crippen LogP contribution in [0.1, 0.15) is 49.7 Å². The summed E-state index contributed by atoms with van der Waals surface area (Å²) >= 11 is 0. The molecule has 1 aromatic carbocycles. The van der Waals surface area contributed by atoms with Crippen molar-refractivity contribution in [2.45, 2.75) is 46.2 Å². The number of halogens is 1. The Morgan fingerprint density at radius 2 is 1.93 bits per heavy atom. The molecule has 0 amide bonds. The maximum absolute atomic E-state index is 4.71. The van der Waals surface area contributed by atoms with E-state index < -0.39 is 0 Å². The molecular weight excluding hydrogens is 461 g/mol. The minimum Gasteiger partial charge on any atom is -0.372 e. The molecule has 6 heteroatoms. The molecule has 1 fully saturated rings. The maximum atomic E-state index is 4.71. The van der Waals surface area contributed by atoms with Gasteiger partial charge in [0, 0.05) is 31.0 Å². The van der Waals surface area contributed by atoms with Gasteiger partial charge in [-0.1, -0.05) is 18.2 Å². The number of guanidine groups is 1. The summed E-state index contributed by atoms with van der Waals surface area (Å²) in [5.74, 6) is 0.819. The smallest absolute Gasteiger partial charge is 0.192 e. The topological polar surface area (TPSA) is 52.6 Å². The summed E-state index contributed by atoms with van der Waals surface area (Å²) in [6.07, 6.45) is 2.59. The van der Waals surface area contributed by atoms with Gasteiger partial charge >= 0.3 is 0 Å². The fourth-order valence-corrected chi connectivity index (χ4v) is 3.42. The summed E-state index contributed by atoms with van der Waals surface area (Å²) < 4.78 is 0. The van der Waals surface area contributed by atoms with Crippen LogP contribution in [-0.4, -0.2) is 30.6 Å². The van der Waals surface area contributed by atoms with Gasteiger partial charge in [0.25, 0.3) is 0 Å². The zero-order valence-corrected chi connectivity index (χ0v) is 19.4. The van der Waals surface area contributed by atoms with Crippen LogP contribution in [0.5, 0.6) is 0 Å². The van der Waals surface area contributed by atoms with Crippen LogP contribution in [0.25, 0.3) is 0 Å². The van der Waals surface area contributed by atoms with Crippen LogP contribution in [-0.2, 0) is 6.54 Å². The first-order valence-corrected chi connectivity index (χ1v) is 9.98. The van der Waals surface area contributed by atoms with Gasteiger partial charge in [-0.3, -0.25) is 4.98 Å². The van der Waals surface area contributed by atoms with E-state index in [-0.39, 0.29) is 30.0 Å². The lowest BCUT2D eigenvalue weighted by atomic mass is 10.1. The Kier molecular flexibility index (Phi) is 9.02. The van der Waals surface area contributed by atoms with Crippen LogP contribution in [0, 0.1) is 6.92 Å². The molecule has 28 heavy (non-hydrogen) atoms. The van der Waals surface area contributed by atoms with Crippen LogP contribution in [0.3, 0.4) is 0 Å². The molecule has 0 saturated carbocycles. The van der Waals surface area contributed by atoms with Gasteiger partial charge in [0.15, 0.2) is 5.96 Å². The lowest BCUT2D eigenvalue weighted by Gasteiger charge is -2.22. The number of pyridine rings is 1. The number of nitrogens with zero attached hydrogens (tertiary/aromatic N) is 3. The molecule has 0 bridgehead atoms. The summed E-state index contributed by atoms with van der Waals surface area (Å²) in [5.41, 5.74) is 4.60. The van der Waals surface area contributed by atoms with Crippen LogP contribution in [0.2, 0.25) is 0 Å². The second kappa shape index (κ2) is 11.2. The zero-order valence-electron chi connectivity index (χ0n) is 17.1. The highest BCUT2D eigenvalue weighted by Gasteiger charge is 2.14. The van der Waals surface area contributed by atoms with Crippen molar-refractivity contribution >= 4 is 35.6 Å². The number of anilines is 1. The van der Waals surface area contributed by atoms with Gasteiger partial charge < -0.3 is 15.5 Å². The van der Waals surface area contributed by atoms with Crippen molar-refractivity contribution in [3.05, 3.63) is 59.4 Å². The Morgan fingerprint density at radius 1 is 1.18 bits per heavy atom. The van der Waals surface area contributed by atoms with Crippen molar-refractivity contribution in [2.75, 3.05) is 24.5 Å². The summed E-state index contributed by atoms with van der Waals surface area (Å²) in [6, 6.07) is 15.1. The first-order valence-electron chi connectivity index (χ1n) is 9.98. The molecule has 1 aliphatic heterocycles. The van der Waals surface area contributed by atoms with Gasteiger partial charge in [-0.05, 0) is 63.4 Å². The number of aryl methyl sites for hydroxylation is 1. The Morgan fingerprint density at radius 3 is 2.64 bits per heavy atom. The van der Waals surface area contributed by atoms with Crippen molar-refractivity contribution in [1.29, 1.82) is 0 Å². The average molecular weight is 493 g/mol. The number of rotatable bonds is 6. The minimum atomic E-state index is 0. The molecule has 2 heterocycles. The normalized spacial score (nSPS) is 15.1. The highest BCUT2D eigenvalue weighted by atomic mass is 127. The molecule has 0 radical (unpaired) electrons. The summed E-state index contributed by atoms with van der Waals surface area (Å²) in [4.78, 5) is 11.7. The molecule has 1 saturated heterocycles. The second-order valence-corrected chi connectivity index (χ2v) is 7.12. The lowest BCUT2D eigenvalue weighted by molar-refractivity contribution is 0.685. The molecule has 2 N–H and O–H groups in total. The number of hydrogen-bond acceptors (Lipinski definition) is 3. The third-order valence-corrected chi connectivity index (χ3v) is 4.88. The molecule has 3 rings (SSSR count). The van der Waals surface area contributed by atoms with Crippen LogP contribution in [0.4, 0.5) is 5.69 Å². The third-order valence-electron chi connectivity index (χ3n) is 4.88. The number of hydrogen-bond donors (Lipinski definition) is 2. The van der Waals surface area contributed by atoms with Crippen LogP contribution >= 0.6 is 24.0 Å². The SMILES string of the molecule is CCNC(=NCc1cccc(C)n1)NC(C)c1cccc(N2CCCC2)c1.I. The third kappa shape index (κ3) is 6.36. The highest BCUT2D eigenvalue weighted by molar-refractivity contribution is 14.0. The maximum Gasteiger partial charge on any atom is 0.192 e. The Labute approximate surface area is 186 Å². The highest BCUT2D eigenvalue weighted by Crippen LogP contribution is 2.23. The van der Waals surface area contributed by atoms with Crippen molar-refractivity contribution in [3.63, 3.8) is 0 Å². The van der Waals surface area contributed by atoms with Gasteiger partial charge in [-0.2, -0.15) is 0 Å². The van der Waals surface area contributed by atoms with E-state index in [1.807, 2.05) is 25.1 Å². The Bertz CT molecular complexity index is 771. The van der Waals surface area contributed by atoms with Crippen LogP contribution < -0.4 is 15.5 Å². The predicted octanol–water partition coefficient (Wildman–Crippen LogP) is 4.42. The van der Waals surface area contributed by atoms with Gasteiger partial charge in [0.1, 0.15) is 0 Å². The van der Waals surface area contributed by atoms with Crippen molar-refractivity contribution in [1.82, 2.24) is 15.6 Å². The molecule has 152 valence electrons. The fraction of sp³-hybridized carbons (Fsp3) is 0.455. The molecule has 1 aliphatic rings. The van der Waals surface area contributed by atoms with Crippen molar-refractivity contribution in [2.24, 2.45) is 4.99 Å². The molecule has 2 aromatic rings. The number of aliphatic imine (C=N–C) groups is 1. The van der Waals surface area contributed by atoms with E-state index in [0.717, 1.165) is 23.9 Å².